The third-order valence-electron chi connectivity index (χ3n) is 1.35. The minimum absolute atomic E-state index is 0.222. The Morgan fingerprint density at radius 3 is 2.92 bits per heavy atom. The summed E-state index contributed by atoms with van der Waals surface area (Å²) in [7, 11) is 0. The van der Waals surface area contributed by atoms with E-state index in [1.54, 1.807) is 6.92 Å². The zero-order valence-electron chi connectivity index (χ0n) is 7.22. The topological polar surface area (TPSA) is 87.0 Å². The van der Waals surface area contributed by atoms with Crippen molar-refractivity contribution in [3.05, 3.63) is 22.1 Å². The van der Waals surface area contributed by atoms with E-state index in [0.29, 0.717) is 12.3 Å². The standard InChI is InChI=1S/C7H11N3O3/c1-2-13-7(12)8-4-5-3-6(11)10-9-5/h3H,2,4H2,1H3,(H,8,12)(H2,9,10,11). The maximum Gasteiger partial charge on any atom is 0.407 e. The Balaban J connectivity index is 2.35. The molecule has 6 nitrogen and oxygen atoms in total. The molecule has 1 amide bonds. The molecule has 0 radical (unpaired) electrons. The van der Waals surface area contributed by atoms with Crippen LogP contribution in [0.2, 0.25) is 0 Å². The van der Waals surface area contributed by atoms with Gasteiger partial charge in [0.05, 0.1) is 18.8 Å². The number of H-pyrrole nitrogens is 2. The number of hydrogen-bond donors (Lipinski definition) is 3. The van der Waals surface area contributed by atoms with Gasteiger partial charge in [-0.1, -0.05) is 0 Å². The van der Waals surface area contributed by atoms with E-state index in [9.17, 15) is 9.59 Å². The van der Waals surface area contributed by atoms with E-state index in [-0.39, 0.29) is 12.1 Å². The highest BCUT2D eigenvalue weighted by Gasteiger charge is 2.00. The number of nitrogens with one attached hydrogen (secondary N) is 3. The van der Waals surface area contributed by atoms with Gasteiger partial charge in [0.25, 0.3) is 5.56 Å². The van der Waals surface area contributed by atoms with E-state index >= 15 is 0 Å². The van der Waals surface area contributed by atoms with E-state index in [4.69, 9.17) is 0 Å². The van der Waals surface area contributed by atoms with Crippen molar-refractivity contribution < 1.29 is 9.53 Å². The fraction of sp³-hybridized carbons (Fsp3) is 0.429. The Bertz CT molecular complexity index is 328. The lowest BCUT2D eigenvalue weighted by Gasteiger charge is -2.02. The molecule has 0 aromatic carbocycles. The summed E-state index contributed by atoms with van der Waals surface area (Å²) in [5.74, 6) is 0. The molecule has 0 spiro atoms. The first-order chi connectivity index (χ1) is 6.22. The normalized spacial score (nSPS) is 9.62. The number of amides is 1. The fourth-order valence-corrected chi connectivity index (χ4v) is 0.817. The van der Waals surface area contributed by atoms with Crippen LogP contribution >= 0.6 is 0 Å². The zero-order chi connectivity index (χ0) is 9.68. The second-order valence-electron chi connectivity index (χ2n) is 2.36. The molecule has 0 fully saturated rings. The van der Waals surface area contributed by atoms with Crippen molar-refractivity contribution in [3.63, 3.8) is 0 Å². The van der Waals surface area contributed by atoms with Crippen molar-refractivity contribution in [2.24, 2.45) is 0 Å². The number of carbonyl (C=O) groups is 1. The number of alkyl carbamates (subject to hydrolysis) is 1. The van der Waals surface area contributed by atoms with Crippen molar-refractivity contribution in [3.8, 4) is 0 Å². The molecular formula is C7H11N3O3. The van der Waals surface area contributed by atoms with E-state index in [1.165, 1.54) is 6.07 Å². The van der Waals surface area contributed by atoms with Gasteiger partial charge in [-0.15, -0.1) is 0 Å². The van der Waals surface area contributed by atoms with Crippen LogP contribution in [0.3, 0.4) is 0 Å². The summed E-state index contributed by atoms with van der Waals surface area (Å²) in [6, 6.07) is 1.37. The summed E-state index contributed by atoms with van der Waals surface area (Å²) < 4.78 is 4.62. The maximum atomic E-state index is 10.8. The first kappa shape index (κ1) is 9.37. The van der Waals surface area contributed by atoms with Gasteiger partial charge in [0.15, 0.2) is 0 Å². The Kier molecular flexibility index (Phi) is 3.13. The van der Waals surface area contributed by atoms with E-state index < -0.39 is 6.09 Å². The van der Waals surface area contributed by atoms with Crippen LogP contribution in [0.15, 0.2) is 10.9 Å². The molecule has 0 aliphatic rings. The van der Waals surface area contributed by atoms with Crippen LogP contribution in [0.5, 0.6) is 0 Å². The maximum absolute atomic E-state index is 10.8. The highest BCUT2D eigenvalue weighted by Crippen LogP contribution is 1.86. The molecule has 1 rings (SSSR count). The van der Waals surface area contributed by atoms with E-state index in [1.807, 2.05) is 0 Å². The molecule has 13 heavy (non-hydrogen) atoms. The third kappa shape index (κ3) is 3.02. The molecule has 1 aromatic heterocycles. The van der Waals surface area contributed by atoms with Crippen LogP contribution in [0, 0.1) is 0 Å². The van der Waals surface area contributed by atoms with Gasteiger partial charge in [-0.05, 0) is 6.92 Å². The molecule has 0 aliphatic heterocycles. The van der Waals surface area contributed by atoms with Gasteiger partial charge in [0.1, 0.15) is 0 Å². The number of aromatic amines is 2. The lowest BCUT2D eigenvalue weighted by molar-refractivity contribution is 0.151. The summed E-state index contributed by atoms with van der Waals surface area (Å²) in [4.78, 5) is 21.4. The van der Waals surface area contributed by atoms with Gasteiger partial charge < -0.3 is 15.2 Å². The zero-order valence-corrected chi connectivity index (χ0v) is 7.22. The summed E-state index contributed by atoms with van der Waals surface area (Å²) in [5.41, 5.74) is 0.388. The van der Waals surface area contributed by atoms with Crippen LogP contribution in [-0.4, -0.2) is 22.9 Å². The number of carbonyl (C=O) groups excluding carboxylic acids is 1. The molecule has 1 heterocycles. The lowest BCUT2D eigenvalue weighted by Crippen LogP contribution is -2.23. The predicted octanol–water partition coefficient (Wildman–Crippen LogP) is -0.0509. The van der Waals surface area contributed by atoms with Gasteiger partial charge in [-0.3, -0.25) is 9.89 Å². The van der Waals surface area contributed by atoms with Crippen molar-refractivity contribution in [2.45, 2.75) is 13.5 Å². The number of aromatic nitrogens is 2. The monoisotopic (exact) mass is 185 g/mol. The summed E-state index contributed by atoms with van der Waals surface area (Å²) in [6.45, 7) is 2.30. The molecule has 6 heteroatoms. The molecule has 0 saturated carbocycles. The average molecular weight is 185 g/mol. The van der Waals surface area contributed by atoms with Crippen molar-refractivity contribution in [1.82, 2.24) is 15.5 Å². The second-order valence-corrected chi connectivity index (χ2v) is 2.36. The molecule has 0 saturated heterocycles. The Hall–Kier alpha value is -1.72. The largest absolute Gasteiger partial charge is 0.450 e. The molecule has 0 aliphatic carbocycles. The molecule has 1 aromatic rings. The SMILES string of the molecule is CCOC(=O)NCc1cc(=O)[nH][nH]1. The quantitative estimate of drug-likeness (QED) is 0.617. The molecule has 0 bridgehead atoms. The lowest BCUT2D eigenvalue weighted by atomic mass is 10.4. The Morgan fingerprint density at radius 2 is 2.38 bits per heavy atom. The summed E-state index contributed by atoms with van der Waals surface area (Å²) in [5, 5.41) is 7.41. The minimum Gasteiger partial charge on any atom is -0.450 e. The fourth-order valence-electron chi connectivity index (χ4n) is 0.817. The van der Waals surface area contributed by atoms with Crippen LogP contribution in [0.25, 0.3) is 0 Å². The Morgan fingerprint density at radius 1 is 1.62 bits per heavy atom. The number of ether oxygens (including phenoxy) is 1. The van der Waals surface area contributed by atoms with Crippen LogP contribution in [0.1, 0.15) is 12.6 Å². The number of hydrogen-bond acceptors (Lipinski definition) is 3. The van der Waals surface area contributed by atoms with Gasteiger partial charge in [0, 0.05) is 6.07 Å². The van der Waals surface area contributed by atoms with E-state index in [2.05, 4.69) is 20.3 Å². The molecule has 0 unspecified atom stereocenters. The summed E-state index contributed by atoms with van der Waals surface area (Å²) >= 11 is 0. The number of rotatable bonds is 3. The first-order valence-electron chi connectivity index (χ1n) is 3.89. The van der Waals surface area contributed by atoms with Crippen molar-refractivity contribution in [1.29, 1.82) is 0 Å². The van der Waals surface area contributed by atoms with Gasteiger partial charge in [-0.2, -0.15) is 0 Å². The second kappa shape index (κ2) is 4.34. The molecule has 3 N–H and O–H groups in total. The minimum atomic E-state index is -0.496. The van der Waals surface area contributed by atoms with Gasteiger partial charge >= 0.3 is 6.09 Å². The van der Waals surface area contributed by atoms with Crippen LogP contribution in [-0.2, 0) is 11.3 Å². The molecule has 72 valence electrons. The Labute approximate surface area is 74.3 Å². The first-order valence-corrected chi connectivity index (χ1v) is 3.89. The van der Waals surface area contributed by atoms with Gasteiger partial charge in [0.2, 0.25) is 0 Å². The van der Waals surface area contributed by atoms with Crippen molar-refractivity contribution in [2.75, 3.05) is 6.61 Å². The third-order valence-corrected chi connectivity index (χ3v) is 1.35. The molecule has 0 atom stereocenters. The van der Waals surface area contributed by atoms with Crippen LogP contribution < -0.4 is 10.9 Å². The molecular weight excluding hydrogens is 174 g/mol. The highest BCUT2D eigenvalue weighted by atomic mass is 16.5. The summed E-state index contributed by atoms with van der Waals surface area (Å²) in [6.07, 6.45) is -0.496. The van der Waals surface area contributed by atoms with E-state index in [0.717, 1.165) is 0 Å². The predicted molar refractivity (Wildman–Crippen MR) is 45.3 cm³/mol. The van der Waals surface area contributed by atoms with Gasteiger partial charge in [-0.25, -0.2) is 4.79 Å². The highest BCUT2D eigenvalue weighted by molar-refractivity contribution is 5.66. The smallest absolute Gasteiger partial charge is 0.407 e. The average Bonchev–Trinajstić information content (AvgIpc) is 2.49. The van der Waals surface area contributed by atoms with Crippen molar-refractivity contribution >= 4 is 6.09 Å². The van der Waals surface area contributed by atoms with Crippen LogP contribution in [0.4, 0.5) is 4.79 Å².